The standard InChI is InChI=1S/C12H11N3O4/c1-7-5-9(19-6-8(2)16)3-4-10(7)15-11(17)13-14-12(15)18/h3-5H,6H2,1-2H3. The maximum Gasteiger partial charge on any atom is 0.375 e. The zero-order valence-corrected chi connectivity index (χ0v) is 10.4. The first kappa shape index (κ1) is 12.9. The van der Waals surface area contributed by atoms with Gasteiger partial charge in [-0.25, -0.2) is 14.5 Å². The van der Waals surface area contributed by atoms with Crippen molar-refractivity contribution in [2.75, 3.05) is 11.5 Å². The largest absolute Gasteiger partial charge is 0.486 e. The first-order chi connectivity index (χ1) is 8.99. The number of ether oxygens (including phenoxy) is 1. The minimum Gasteiger partial charge on any atom is -0.486 e. The molecule has 0 radical (unpaired) electrons. The van der Waals surface area contributed by atoms with Crippen LogP contribution in [0.4, 0.5) is 15.3 Å². The van der Waals surface area contributed by atoms with E-state index in [1.807, 2.05) is 0 Å². The lowest BCUT2D eigenvalue weighted by molar-refractivity contribution is -0.118. The summed E-state index contributed by atoms with van der Waals surface area (Å²) >= 11 is 0. The van der Waals surface area contributed by atoms with Crippen LogP contribution >= 0.6 is 0 Å². The number of Topliss-reactive ketones (excluding diaryl/α,β-unsaturated/α-hetero) is 1. The van der Waals surface area contributed by atoms with Gasteiger partial charge in [0.15, 0.2) is 5.78 Å². The Morgan fingerprint density at radius 2 is 1.89 bits per heavy atom. The van der Waals surface area contributed by atoms with Crippen molar-refractivity contribution in [3.05, 3.63) is 23.8 Å². The second kappa shape index (κ2) is 4.97. The molecule has 19 heavy (non-hydrogen) atoms. The van der Waals surface area contributed by atoms with E-state index in [1.54, 1.807) is 25.1 Å². The summed E-state index contributed by atoms with van der Waals surface area (Å²) in [6.45, 7) is 3.12. The number of anilines is 1. The average molecular weight is 261 g/mol. The maximum atomic E-state index is 11.4. The lowest BCUT2D eigenvalue weighted by Crippen LogP contribution is -2.28. The highest BCUT2D eigenvalue weighted by molar-refractivity contribution is 6.17. The minimum atomic E-state index is -0.717. The van der Waals surface area contributed by atoms with E-state index in [0.29, 0.717) is 17.0 Å². The topological polar surface area (TPSA) is 88.4 Å². The van der Waals surface area contributed by atoms with Crippen molar-refractivity contribution in [3.8, 4) is 5.75 Å². The normalized spacial score (nSPS) is 14.1. The number of azo groups is 1. The van der Waals surface area contributed by atoms with Gasteiger partial charge in [0.05, 0.1) is 5.69 Å². The Labute approximate surface area is 108 Å². The lowest BCUT2D eigenvalue weighted by Gasteiger charge is -2.14. The van der Waals surface area contributed by atoms with Crippen LogP contribution in [0.5, 0.6) is 5.75 Å². The molecule has 7 nitrogen and oxygen atoms in total. The van der Waals surface area contributed by atoms with E-state index in [1.165, 1.54) is 6.92 Å². The molecule has 98 valence electrons. The van der Waals surface area contributed by atoms with E-state index in [-0.39, 0.29) is 12.4 Å². The van der Waals surface area contributed by atoms with Crippen molar-refractivity contribution in [2.45, 2.75) is 13.8 Å². The van der Waals surface area contributed by atoms with Gasteiger partial charge in [-0.15, -0.1) is 0 Å². The van der Waals surface area contributed by atoms with E-state index < -0.39 is 12.1 Å². The van der Waals surface area contributed by atoms with Gasteiger partial charge in [0.1, 0.15) is 12.4 Å². The van der Waals surface area contributed by atoms with Crippen LogP contribution in [0.2, 0.25) is 0 Å². The predicted molar refractivity (Wildman–Crippen MR) is 65.5 cm³/mol. The Bertz CT molecular complexity index is 577. The van der Waals surface area contributed by atoms with Crippen LogP contribution in [-0.4, -0.2) is 24.5 Å². The maximum absolute atomic E-state index is 11.4. The van der Waals surface area contributed by atoms with Gasteiger partial charge in [-0.2, -0.15) is 0 Å². The molecule has 0 aliphatic carbocycles. The summed E-state index contributed by atoms with van der Waals surface area (Å²) in [5.41, 5.74) is 1.05. The summed E-state index contributed by atoms with van der Waals surface area (Å²) in [5.74, 6) is 0.397. The number of carbonyl (C=O) groups is 3. The predicted octanol–water partition coefficient (Wildman–Crippen LogP) is 2.48. The van der Waals surface area contributed by atoms with Gasteiger partial charge in [-0.1, -0.05) is 10.2 Å². The number of nitrogens with zero attached hydrogens (tertiary/aromatic N) is 3. The van der Waals surface area contributed by atoms with Crippen LogP contribution in [-0.2, 0) is 4.79 Å². The number of hydrogen-bond acceptors (Lipinski definition) is 4. The third-order valence-corrected chi connectivity index (χ3v) is 2.45. The van der Waals surface area contributed by atoms with Gasteiger partial charge >= 0.3 is 12.1 Å². The third kappa shape index (κ3) is 2.65. The molecule has 1 aliphatic rings. The number of benzene rings is 1. The highest BCUT2D eigenvalue weighted by Crippen LogP contribution is 2.27. The SMILES string of the molecule is CC(=O)COc1ccc(N2C(=O)N=NC2=O)c(C)c1. The summed E-state index contributed by atoms with van der Waals surface area (Å²) in [7, 11) is 0. The molecule has 0 spiro atoms. The third-order valence-electron chi connectivity index (χ3n) is 2.45. The Morgan fingerprint density at radius 1 is 1.26 bits per heavy atom. The fourth-order valence-corrected chi connectivity index (χ4v) is 1.62. The number of rotatable bonds is 4. The fraction of sp³-hybridized carbons (Fsp3) is 0.250. The molecule has 0 bridgehead atoms. The van der Waals surface area contributed by atoms with Crippen molar-refractivity contribution in [2.24, 2.45) is 10.2 Å². The van der Waals surface area contributed by atoms with Gasteiger partial charge < -0.3 is 4.74 Å². The molecule has 1 aromatic carbocycles. The van der Waals surface area contributed by atoms with Crippen molar-refractivity contribution < 1.29 is 19.1 Å². The zero-order valence-electron chi connectivity index (χ0n) is 10.4. The quantitative estimate of drug-likeness (QED) is 0.832. The van der Waals surface area contributed by atoms with Crippen LogP contribution in [0.15, 0.2) is 28.4 Å². The molecule has 1 aromatic rings. The number of amides is 4. The zero-order chi connectivity index (χ0) is 14.0. The fourth-order valence-electron chi connectivity index (χ4n) is 1.62. The molecule has 2 rings (SSSR count). The summed E-state index contributed by atoms with van der Waals surface area (Å²) in [5, 5.41) is 6.37. The summed E-state index contributed by atoms with van der Waals surface area (Å²) < 4.78 is 5.23. The number of aryl methyl sites for hydroxylation is 1. The van der Waals surface area contributed by atoms with Crippen molar-refractivity contribution in [1.82, 2.24) is 0 Å². The van der Waals surface area contributed by atoms with Crippen LogP contribution in [0, 0.1) is 6.92 Å². The Kier molecular flexibility index (Phi) is 3.37. The van der Waals surface area contributed by atoms with Gasteiger partial charge in [0.25, 0.3) is 0 Å². The minimum absolute atomic E-state index is 0.0228. The van der Waals surface area contributed by atoms with Gasteiger partial charge in [0, 0.05) is 0 Å². The second-order valence-electron chi connectivity index (χ2n) is 4.04. The van der Waals surface area contributed by atoms with Gasteiger partial charge in [-0.3, -0.25) is 4.79 Å². The van der Waals surface area contributed by atoms with Crippen molar-refractivity contribution >= 4 is 23.5 Å². The molecular formula is C12H11N3O4. The molecule has 0 unspecified atom stereocenters. The van der Waals surface area contributed by atoms with E-state index in [4.69, 9.17) is 4.74 Å². The molecule has 0 saturated heterocycles. The van der Waals surface area contributed by atoms with Crippen LogP contribution < -0.4 is 9.64 Å². The summed E-state index contributed by atoms with van der Waals surface area (Å²) in [6, 6.07) is 3.33. The molecule has 0 saturated carbocycles. The van der Waals surface area contributed by atoms with Crippen molar-refractivity contribution in [3.63, 3.8) is 0 Å². The molecule has 0 N–H and O–H groups in total. The number of carbonyl (C=O) groups excluding carboxylic acids is 3. The Hall–Kier alpha value is -2.57. The van der Waals surface area contributed by atoms with E-state index in [9.17, 15) is 14.4 Å². The number of ketones is 1. The highest BCUT2D eigenvalue weighted by Gasteiger charge is 2.30. The second-order valence-corrected chi connectivity index (χ2v) is 4.04. The van der Waals surface area contributed by atoms with E-state index >= 15 is 0 Å². The molecule has 7 heteroatoms. The van der Waals surface area contributed by atoms with E-state index in [0.717, 1.165) is 4.90 Å². The molecule has 1 heterocycles. The molecule has 4 amide bonds. The smallest absolute Gasteiger partial charge is 0.375 e. The number of hydrogen-bond donors (Lipinski definition) is 0. The van der Waals surface area contributed by atoms with Gasteiger partial charge in [0.2, 0.25) is 0 Å². The van der Waals surface area contributed by atoms with Crippen molar-refractivity contribution in [1.29, 1.82) is 0 Å². The van der Waals surface area contributed by atoms with E-state index in [2.05, 4.69) is 10.2 Å². The molecule has 0 fully saturated rings. The van der Waals surface area contributed by atoms with Crippen LogP contribution in [0.1, 0.15) is 12.5 Å². The summed E-state index contributed by atoms with van der Waals surface area (Å²) in [6.07, 6.45) is 0. The molecule has 0 atom stereocenters. The van der Waals surface area contributed by atoms with Crippen LogP contribution in [0.3, 0.4) is 0 Å². The lowest BCUT2D eigenvalue weighted by atomic mass is 10.2. The first-order valence-electron chi connectivity index (χ1n) is 5.51. The molecule has 0 aromatic heterocycles. The Balaban J connectivity index is 2.22. The number of imide groups is 1. The highest BCUT2D eigenvalue weighted by atomic mass is 16.5. The Morgan fingerprint density at radius 3 is 2.42 bits per heavy atom. The first-order valence-corrected chi connectivity index (χ1v) is 5.51. The monoisotopic (exact) mass is 261 g/mol. The average Bonchev–Trinajstić information content (AvgIpc) is 2.67. The molecular weight excluding hydrogens is 250 g/mol. The van der Waals surface area contributed by atoms with Crippen LogP contribution in [0.25, 0.3) is 0 Å². The molecule has 1 aliphatic heterocycles. The van der Waals surface area contributed by atoms with Gasteiger partial charge in [-0.05, 0) is 37.6 Å². The number of urea groups is 2. The summed E-state index contributed by atoms with van der Waals surface area (Å²) in [4.78, 5) is 34.5.